The molecule has 0 aliphatic rings. The van der Waals surface area contributed by atoms with Crippen LogP contribution in [-0.2, 0) is 13.0 Å². The van der Waals surface area contributed by atoms with Gasteiger partial charge < -0.3 is 5.32 Å². The van der Waals surface area contributed by atoms with Crippen LogP contribution in [0.4, 0.5) is 0 Å². The second kappa shape index (κ2) is 5.37. The molecule has 1 N–H and O–H groups in total. The molecule has 0 aliphatic carbocycles. The van der Waals surface area contributed by atoms with Crippen LogP contribution in [0.1, 0.15) is 29.2 Å². The molecule has 0 fully saturated rings. The van der Waals surface area contributed by atoms with Crippen LogP contribution < -0.4 is 5.32 Å². The van der Waals surface area contributed by atoms with Crippen LogP contribution in [0, 0.1) is 6.92 Å². The van der Waals surface area contributed by atoms with Crippen LogP contribution in [0.2, 0.25) is 0 Å². The van der Waals surface area contributed by atoms with Crippen molar-refractivity contribution in [2.24, 2.45) is 0 Å². The van der Waals surface area contributed by atoms with Crippen LogP contribution in [0.15, 0.2) is 12.3 Å². The molecule has 0 amide bonds. The van der Waals surface area contributed by atoms with E-state index in [-0.39, 0.29) is 6.04 Å². The van der Waals surface area contributed by atoms with E-state index in [9.17, 15) is 0 Å². The predicted octanol–water partition coefficient (Wildman–Crippen LogP) is 1.57. The van der Waals surface area contributed by atoms with Crippen molar-refractivity contribution in [1.82, 2.24) is 24.7 Å². The van der Waals surface area contributed by atoms with Crippen LogP contribution in [0.25, 0.3) is 0 Å². The van der Waals surface area contributed by atoms with Gasteiger partial charge in [0, 0.05) is 18.7 Å². The Morgan fingerprint density at radius 1 is 1.53 bits per heavy atom. The first-order valence-corrected chi connectivity index (χ1v) is 6.49. The summed E-state index contributed by atoms with van der Waals surface area (Å²) < 4.78 is 5.96. The van der Waals surface area contributed by atoms with Crippen molar-refractivity contribution >= 4 is 11.5 Å². The van der Waals surface area contributed by atoms with E-state index in [1.807, 2.05) is 24.9 Å². The molecule has 1 unspecified atom stereocenters. The van der Waals surface area contributed by atoms with E-state index in [1.165, 1.54) is 17.2 Å². The third kappa shape index (κ3) is 2.70. The van der Waals surface area contributed by atoms with Crippen molar-refractivity contribution in [3.63, 3.8) is 0 Å². The lowest BCUT2D eigenvalue weighted by Gasteiger charge is -2.14. The average Bonchev–Trinajstić information content (AvgIpc) is 2.94. The Morgan fingerprint density at radius 2 is 2.35 bits per heavy atom. The smallest absolute Gasteiger partial charge is 0.0669 e. The fraction of sp³-hybridized carbons (Fsp3) is 0.545. The zero-order chi connectivity index (χ0) is 12.3. The van der Waals surface area contributed by atoms with E-state index in [4.69, 9.17) is 0 Å². The molecule has 1 atom stereocenters. The summed E-state index contributed by atoms with van der Waals surface area (Å²) in [4.78, 5) is 1.16. The van der Waals surface area contributed by atoms with Gasteiger partial charge in [0.25, 0.3) is 0 Å². The molecule has 6 heteroatoms. The Hall–Kier alpha value is -1.27. The molecule has 5 nitrogen and oxygen atoms in total. The maximum absolute atomic E-state index is 4.46. The molecule has 2 aromatic rings. The Balaban J connectivity index is 2.18. The van der Waals surface area contributed by atoms with E-state index in [0.29, 0.717) is 0 Å². The van der Waals surface area contributed by atoms with Gasteiger partial charge in [-0.05, 0) is 38.5 Å². The van der Waals surface area contributed by atoms with Gasteiger partial charge in [0.15, 0.2) is 0 Å². The molecular formula is C11H17N5S. The number of aryl methyl sites for hydroxylation is 2. The minimum atomic E-state index is 0.261. The molecule has 92 valence electrons. The lowest BCUT2D eigenvalue weighted by molar-refractivity contribution is 0.546. The second-order valence-corrected chi connectivity index (χ2v) is 4.78. The summed E-state index contributed by atoms with van der Waals surface area (Å²) in [6.45, 7) is 5.04. The van der Waals surface area contributed by atoms with Crippen molar-refractivity contribution in [3.8, 4) is 0 Å². The number of hydrogen-bond donors (Lipinski definition) is 1. The molecule has 0 spiro atoms. The summed E-state index contributed by atoms with van der Waals surface area (Å²) in [6.07, 6.45) is 2.74. The van der Waals surface area contributed by atoms with Gasteiger partial charge in [-0.2, -0.15) is 5.10 Å². The van der Waals surface area contributed by atoms with Gasteiger partial charge in [0.2, 0.25) is 0 Å². The van der Waals surface area contributed by atoms with Crippen molar-refractivity contribution in [3.05, 3.63) is 28.5 Å². The van der Waals surface area contributed by atoms with E-state index in [1.54, 1.807) is 0 Å². The third-order valence-electron chi connectivity index (χ3n) is 2.77. The first-order valence-electron chi connectivity index (χ1n) is 5.72. The zero-order valence-corrected chi connectivity index (χ0v) is 11.2. The van der Waals surface area contributed by atoms with Gasteiger partial charge in [0.05, 0.1) is 22.8 Å². The van der Waals surface area contributed by atoms with Gasteiger partial charge in [-0.1, -0.05) is 4.49 Å². The summed E-state index contributed by atoms with van der Waals surface area (Å²) in [5, 5.41) is 11.6. The molecule has 0 bridgehead atoms. The summed E-state index contributed by atoms with van der Waals surface area (Å²) >= 11 is 1.44. The number of aromatic nitrogens is 4. The number of likely N-dealkylation sites (N-methyl/N-ethyl adjacent to an activating group) is 1. The zero-order valence-electron chi connectivity index (χ0n) is 10.3. The van der Waals surface area contributed by atoms with Gasteiger partial charge in [-0.15, -0.1) is 5.10 Å². The number of rotatable bonds is 5. The summed E-state index contributed by atoms with van der Waals surface area (Å²) in [6, 6.07) is 2.40. The van der Waals surface area contributed by atoms with Crippen LogP contribution >= 0.6 is 11.5 Å². The molecule has 2 heterocycles. The fourth-order valence-electron chi connectivity index (χ4n) is 1.92. The second-order valence-electron chi connectivity index (χ2n) is 3.96. The Kier molecular flexibility index (Phi) is 3.86. The fourth-order valence-corrected chi connectivity index (χ4v) is 2.53. The third-order valence-corrected chi connectivity index (χ3v) is 3.55. The molecule has 17 heavy (non-hydrogen) atoms. The highest BCUT2D eigenvalue weighted by atomic mass is 32.1. The van der Waals surface area contributed by atoms with E-state index >= 15 is 0 Å². The quantitative estimate of drug-likeness (QED) is 0.876. The lowest BCUT2D eigenvalue weighted by atomic mass is 10.1. The van der Waals surface area contributed by atoms with Crippen molar-refractivity contribution in [1.29, 1.82) is 0 Å². The van der Waals surface area contributed by atoms with Crippen LogP contribution in [0.5, 0.6) is 0 Å². The van der Waals surface area contributed by atoms with E-state index in [0.717, 1.165) is 23.5 Å². The maximum Gasteiger partial charge on any atom is 0.0669 e. The molecule has 2 aromatic heterocycles. The van der Waals surface area contributed by atoms with Crippen LogP contribution in [-0.4, -0.2) is 26.4 Å². The van der Waals surface area contributed by atoms with Gasteiger partial charge in [0.1, 0.15) is 0 Å². The molecular weight excluding hydrogens is 234 g/mol. The number of hydrogen-bond acceptors (Lipinski definition) is 5. The largest absolute Gasteiger partial charge is 0.312 e. The number of nitrogens with one attached hydrogen (secondary N) is 1. The van der Waals surface area contributed by atoms with Gasteiger partial charge in [-0.3, -0.25) is 4.68 Å². The first kappa shape index (κ1) is 12.2. The molecule has 0 saturated carbocycles. The summed E-state index contributed by atoms with van der Waals surface area (Å²) in [5.41, 5.74) is 2.32. The van der Waals surface area contributed by atoms with Gasteiger partial charge >= 0.3 is 0 Å². The number of nitrogens with zero attached hydrogens (tertiary/aromatic N) is 4. The first-order chi connectivity index (χ1) is 8.24. The highest BCUT2D eigenvalue weighted by molar-refractivity contribution is 7.05. The molecule has 0 aromatic carbocycles. The van der Waals surface area contributed by atoms with Crippen molar-refractivity contribution in [2.75, 3.05) is 7.05 Å². The topological polar surface area (TPSA) is 55.6 Å². The molecule has 0 saturated heterocycles. The predicted molar refractivity (Wildman–Crippen MR) is 68.1 cm³/mol. The van der Waals surface area contributed by atoms with E-state index < -0.39 is 0 Å². The lowest BCUT2D eigenvalue weighted by Crippen LogP contribution is -2.19. The van der Waals surface area contributed by atoms with Crippen LogP contribution in [0.3, 0.4) is 0 Å². The van der Waals surface area contributed by atoms with Crippen molar-refractivity contribution in [2.45, 2.75) is 32.9 Å². The molecule has 2 rings (SSSR count). The highest BCUT2D eigenvalue weighted by Crippen LogP contribution is 2.20. The Morgan fingerprint density at radius 3 is 2.94 bits per heavy atom. The van der Waals surface area contributed by atoms with Gasteiger partial charge in [-0.25, -0.2) is 0 Å². The SMILES string of the molecule is CCn1nc(C)cc1CC(NC)c1cnns1. The monoisotopic (exact) mass is 251 g/mol. The molecule has 0 radical (unpaired) electrons. The molecule has 0 aliphatic heterocycles. The minimum absolute atomic E-state index is 0.261. The van der Waals surface area contributed by atoms with Crippen molar-refractivity contribution < 1.29 is 0 Å². The summed E-state index contributed by atoms with van der Waals surface area (Å²) in [7, 11) is 1.96. The highest BCUT2D eigenvalue weighted by Gasteiger charge is 2.15. The summed E-state index contributed by atoms with van der Waals surface area (Å²) in [5.74, 6) is 0. The average molecular weight is 251 g/mol. The maximum atomic E-state index is 4.46. The Bertz CT molecular complexity index is 462. The standard InChI is InChI=1S/C11H17N5S/c1-4-16-9(5-8(2)14-16)6-10(12-3)11-7-13-15-17-11/h5,7,10,12H,4,6H2,1-3H3. The Labute approximate surface area is 105 Å². The normalized spacial score (nSPS) is 12.9. The minimum Gasteiger partial charge on any atom is -0.312 e. The van der Waals surface area contributed by atoms with E-state index in [2.05, 4.69) is 33.0 Å².